The number of hydrogen-bond donors (Lipinski definition) is 0. The van der Waals surface area contributed by atoms with E-state index < -0.39 is 0 Å². The van der Waals surface area contributed by atoms with Gasteiger partial charge in [0.05, 0.1) is 0 Å². The molecule has 0 aromatic rings. The molecule has 0 saturated carbocycles. The first-order valence-corrected chi connectivity index (χ1v) is 0. The van der Waals surface area contributed by atoms with Gasteiger partial charge in [-0.3, -0.25) is 0 Å². The molecule has 0 nitrogen and oxygen atoms in total. The van der Waals surface area contributed by atoms with Crippen molar-refractivity contribution in [1.29, 1.82) is 0 Å². The summed E-state index contributed by atoms with van der Waals surface area (Å²) in [5.41, 5.74) is 0. The van der Waals surface area contributed by atoms with Crippen LogP contribution in [0.4, 0.5) is 0 Å². The summed E-state index contributed by atoms with van der Waals surface area (Å²) in [6, 6.07) is 0. The SMILES string of the molecule is Cl.Cl.Cl.Cl.Cl.Cl.Cl.Cl.Cl.Cl.Cl.Cl.Cl.Cl.Cl.Cl.Cl.Cl.Cl.Cl.Cl.[Al+3].[Al+3].[Al+3].[Al+3].[Al+3].[Zr+4].[Zr+4].[Zr+4].[Zr+4].[Zr+4]. The average molecular weight is 1360 g/mol. The minimum atomic E-state index is 0. The molecule has 0 spiro atoms. The average Bonchev–Trinajstić information content (AvgIpc) is 0. The Morgan fingerprint density at radius 1 is 0.0968 bits per heavy atom. The maximum atomic E-state index is 0. The van der Waals surface area contributed by atoms with Crippen LogP contribution in [0.25, 0.3) is 0 Å². The molecule has 168 valence electrons. The number of hydrogen-bond acceptors (Lipinski definition) is 0. The van der Waals surface area contributed by atoms with Crippen LogP contribution in [0.3, 0.4) is 0 Å². The molecule has 0 aliphatic carbocycles. The van der Waals surface area contributed by atoms with Crippen LogP contribution in [-0.2, 0) is 131 Å². The molecule has 0 N–H and O–H groups in total. The zero-order valence-corrected chi connectivity index (χ0v) is 49.2. The van der Waals surface area contributed by atoms with Gasteiger partial charge in [-0.1, -0.05) is 0 Å². The standard InChI is InChI=1S/5Al.21ClH.5Zr/h;;;;;21*1H;;;;;/q5*+3;;;;;;;;;;;;;;;;;;;;;;5*+4. The molecular formula is H21Al5Cl21Zr5+35. The van der Waals surface area contributed by atoms with Gasteiger partial charge in [-0.2, -0.15) is 0 Å². The van der Waals surface area contributed by atoms with Gasteiger partial charge in [0.1, 0.15) is 0 Å². The van der Waals surface area contributed by atoms with Gasteiger partial charge in [0.2, 0.25) is 0 Å². The van der Waals surface area contributed by atoms with Gasteiger partial charge in [0.15, 0.2) is 0 Å². The minimum Gasteiger partial charge on any atom is -0.147 e. The van der Waals surface area contributed by atoms with E-state index in [0.29, 0.717) is 0 Å². The van der Waals surface area contributed by atoms with E-state index in [2.05, 4.69) is 0 Å². The van der Waals surface area contributed by atoms with E-state index in [1.54, 1.807) is 0 Å². The Morgan fingerprint density at radius 3 is 0.0968 bits per heavy atom. The van der Waals surface area contributed by atoms with E-state index >= 15 is 0 Å². The summed E-state index contributed by atoms with van der Waals surface area (Å²) in [6.45, 7) is 0. The van der Waals surface area contributed by atoms with Crippen LogP contribution in [0.15, 0.2) is 0 Å². The van der Waals surface area contributed by atoms with Gasteiger partial charge in [0.25, 0.3) is 0 Å². The molecule has 0 atom stereocenters. The normalized spacial score (nSPS) is 0. The maximum absolute atomic E-state index is 0. The molecule has 0 aromatic heterocycles. The minimum absolute atomic E-state index is 0. The van der Waals surface area contributed by atoms with Gasteiger partial charge < -0.3 is 0 Å². The Hall–Kier alpha value is 13.2. The van der Waals surface area contributed by atoms with Crippen molar-refractivity contribution < 1.29 is 131 Å². The Labute approximate surface area is 467 Å². The van der Waals surface area contributed by atoms with Gasteiger partial charge in [0, 0.05) is 0 Å². The fourth-order valence-electron chi connectivity index (χ4n) is 0. The molecule has 0 unspecified atom stereocenters. The Morgan fingerprint density at radius 2 is 0.0968 bits per heavy atom. The largest absolute Gasteiger partial charge is 4.00 e. The van der Waals surface area contributed by atoms with Crippen LogP contribution in [0, 0.1) is 0 Å². The summed E-state index contributed by atoms with van der Waals surface area (Å²) in [5.74, 6) is 0. The molecule has 0 aliphatic rings. The van der Waals surface area contributed by atoms with Crippen LogP contribution in [0.1, 0.15) is 0 Å². The van der Waals surface area contributed by atoms with E-state index in [1.165, 1.54) is 0 Å². The summed E-state index contributed by atoms with van der Waals surface area (Å²) in [7, 11) is 0. The molecule has 0 radical (unpaired) electrons. The topological polar surface area (TPSA) is 0 Å². The first-order chi connectivity index (χ1) is 0. The van der Waals surface area contributed by atoms with Crippen LogP contribution >= 0.6 is 261 Å². The van der Waals surface area contributed by atoms with Crippen molar-refractivity contribution in [2.24, 2.45) is 0 Å². The molecular weight excluding hydrogens is 1340 g/mol. The quantitative estimate of drug-likeness (QED) is 0.231. The molecule has 0 aromatic carbocycles. The first-order valence-electron chi connectivity index (χ1n) is 0. The molecule has 31 heavy (non-hydrogen) atoms. The van der Waals surface area contributed by atoms with Gasteiger partial charge in [-0.05, 0) is 0 Å². The Bertz CT molecular complexity index is 38.1. The van der Waals surface area contributed by atoms with E-state index in [1.807, 2.05) is 0 Å². The summed E-state index contributed by atoms with van der Waals surface area (Å²) in [5, 5.41) is 0. The van der Waals surface area contributed by atoms with E-state index in [9.17, 15) is 0 Å². The van der Waals surface area contributed by atoms with Crippen LogP contribution < -0.4 is 0 Å². The summed E-state index contributed by atoms with van der Waals surface area (Å²) in [4.78, 5) is 0. The van der Waals surface area contributed by atoms with E-state index in [-0.39, 0.29) is 478 Å². The van der Waals surface area contributed by atoms with Crippen molar-refractivity contribution in [2.75, 3.05) is 0 Å². The predicted molar refractivity (Wildman–Crippen MR) is 181 cm³/mol. The zero-order chi connectivity index (χ0) is 0. The van der Waals surface area contributed by atoms with Gasteiger partial charge in [-0.25, -0.2) is 0 Å². The van der Waals surface area contributed by atoms with Crippen molar-refractivity contribution in [1.82, 2.24) is 0 Å². The molecule has 0 bridgehead atoms. The van der Waals surface area contributed by atoms with Crippen molar-refractivity contribution in [3.63, 3.8) is 0 Å². The second-order valence-corrected chi connectivity index (χ2v) is 0. The third-order valence-corrected chi connectivity index (χ3v) is 0. The fraction of sp³-hybridized carbons (Fsp3) is 0. The van der Waals surface area contributed by atoms with Crippen molar-refractivity contribution in [3.05, 3.63) is 0 Å². The van der Waals surface area contributed by atoms with Crippen LogP contribution in [-0.4, -0.2) is 86.8 Å². The predicted octanol–water partition coefficient (Wildman–Crippen LogP) is 6.94. The van der Waals surface area contributed by atoms with E-state index in [4.69, 9.17) is 0 Å². The molecule has 0 aliphatic heterocycles. The van der Waals surface area contributed by atoms with Crippen molar-refractivity contribution in [3.8, 4) is 0 Å². The summed E-state index contributed by atoms with van der Waals surface area (Å²) < 4.78 is 0. The summed E-state index contributed by atoms with van der Waals surface area (Å²) >= 11 is 0. The van der Waals surface area contributed by atoms with Crippen molar-refractivity contribution >= 4 is 347 Å². The molecule has 31 heteroatoms. The van der Waals surface area contributed by atoms with Gasteiger partial charge >= 0.3 is 218 Å². The number of halogens is 21. The Balaban J connectivity index is 0. The molecule has 0 fully saturated rings. The monoisotopic (exact) mass is 1340 g/mol. The summed E-state index contributed by atoms with van der Waals surface area (Å²) in [6.07, 6.45) is 0. The smallest absolute Gasteiger partial charge is 0.147 e. The van der Waals surface area contributed by atoms with Gasteiger partial charge in [-0.15, -0.1) is 261 Å². The van der Waals surface area contributed by atoms with Crippen molar-refractivity contribution in [2.45, 2.75) is 0 Å². The molecule has 0 heterocycles. The first kappa shape index (κ1) is 475. The van der Waals surface area contributed by atoms with Crippen LogP contribution in [0.5, 0.6) is 0 Å². The third-order valence-electron chi connectivity index (χ3n) is 0. The zero-order valence-electron chi connectivity index (χ0n) is 14.0. The third kappa shape index (κ3) is 422. The number of rotatable bonds is 0. The molecule has 0 amide bonds. The second-order valence-electron chi connectivity index (χ2n) is 0. The fourth-order valence-corrected chi connectivity index (χ4v) is 0. The maximum Gasteiger partial charge on any atom is 4.00 e. The Kier molecular flexibility index (Phi) is 6780. The second kappa shape index (κ2) is 443. The van der Waals surface area contributed by atoms with Crippen LogP contribution in [0.2, 0.25) is 0 Å². The van der Waals surface area contributed by atoms with E-state index in [0.717, 1.165) is 0 Å². The molecule has 0 rings (SSSR count). The molecule has 0 saturated heterocycles.